The molecule has 3 rings (SSSR count). The van der Waals surface area contributed by atoms with E-state index in [2.05, 4.69) is 0 Å². The van der Waals surface area contributed by atoms with Crippen LogP contribution in [0.2, 0.25) is 0 Å². The lowest BCUT2D eigenvalue weighted by atomic mass is 9.80. The van der Waals surface area contributed by atoms with Gasteiger partial charge in [0.25, 0.3) is 5.91 Å². The molecular weight excluding hydrogens is 282 g/mol. The van der Waals surface area contributed by atoms with E-state index in [4.69, 9.17) is 9.84 Å². The topological polar surface area (TPSA) is 66.8 Å². The fraction of sp³-hybridized carbons (Fsp3) is 0.529. The Morgan fingerprint density at radius 2 is 1.95 bits per heavy atom. The molecule has 0 bridgehead atoms. The number of carboxylic acids is 1. The van der Waals surface area contributed by atoms with Crippen LogP contribution >= 0.6 is 0 Å². The number of rotatable bonds is 4. The van der Waals surface area contributed by atoms with E-state index in [1.165, 1.54) is 24.8 Å². The van der Waals surface area contributed by atoms with Crippen molar-refractivity contribution in [3.05, 3.63) is 35.4 Å². The van der Waals surface area contributed by atoms with E-state index in [9.17, 15) is 9.59 Å². The van der Waals surface area contributed by atoms with Gasteiger partial charge in [0.1, 0.15) is 0 Å². The maximum Gasteiger partial charge on any atom is 0.306 e. The second-order valence-corrected chi connectivity index (χ2v) is 6.09. The minimum Gasteiger partial charge on any atom is -0.481 e. The molecule has 1 aliphatic carbocycles. The monoisotopic (exact) mass is 303 g/mol. The van der Waals surface area contributed by atoms with Gasteiger partial charge in [0, 0.05) is 18.7 Å². The number of morpholine rings is 1. The first-order valence-corrected chi connectivity index (χ1v) is 7.86. The van der Waals surface area contributed by atoms with Crippen molar-refractivity contribution in [2.75, 3.05) is 19.7 Å². The van der Waals surface area contributed by atoms with Crippen molar-refractivity contribution in [3.8, 4) is 0 Å². The predicted octanol–water partition coefficient (Wildman–Crippen LogP) is 2.27. The van der Waals surface area contributed by atoms with Crippen LogP contribution in [0, 0.1) is 0 Å². The van der Waals surface area contributed by atoms with Gasteiger partial charge in [-0.15, -0.1) is 0 Å². The lowest BCUT2D eigenvalue weighted by Gasteiger charge is -2.32. The van der Waals surface area contributed by atoms with Gasteiger partial charge in [0.05, 0.1) is 19.1 Å². The molecule has 0 unspecified atom stereocenters. The summed E-state index contributed by atoms with van der Waals surface area (Å²) < 4.78 is 5.40. The molecule has 1 aromatic rings. The Hall–Kier alpha value is -1.88. The van der Waals surface area contributed by atoms with E-state index in [1.807, 2.05) is 24.3 Å². The Labute approximate surface area is 129 Å². The fourth-order valence-corrected chi connectivity index (χ4v) is 3.04. The van der Waals surface area contributed by atoms with Crippen molar-refractivity contribution < 1.29 is 19.4 Å². The summed E-state index contributed by atoms with van der Waals surface area (Å²) in [5.41, 5.74) is 1.98. The zero-order valence-corrected chi connectivity index (χ0v) is 12.5. The fourth-order valence-electron chi connectivity index (χ4n) is 3.04. The Morgan fingerprint density at radius 1 is 1.23 bits per heavy atom. The van der Waals surface area contributed by atoms with Crippen molar-refractivity contribution in [1.82, 2.24) is 4.90 Å². The number of nitrogens with zero attached hydrogens (tertiary/aromatic N) is 1. The van der Waals surface area contributed by atoms with Crippen LogP contribution in [-0.4, -0.2) is 47.7 Å². The van der Waals surface area contributed by atoms with Crippen LogP contribution in [0.1, 0.15) is 47.5 Å². The average molecular weight is 303 g/mol. The minimum absolute atomic E-state index is 0.0427. The van der Waals surface area contributed by atoms with Gasteiger partial charge in [-0.2, -0.15) is 0 Å². The highest BCUT2D eigenvalue weighted by atomic mass is 16.5. The lowest BCUT2D eigenvalue weighted by molar-refractivity contribution is -0.141. The first-order valence-electron chi connectivity index (χ1n) is 7.86. The first-order chi connectivity index (χ1) is 10.6. The summed E-state index contributed by atoms with van der Waals surface area (Å²) in [6, 6.07) is 7.87. The average Bonchev–Trinajstić information content (AvgIpc) is 2.45. The first kappa shape index (κ1) is 15.0. The number of ether oxygens (including phenoxy) is 1. The summed E-state index contributed by atoms with van der Waals surface area (Å²) in [6.45, 7) is 1.25. The summed E-state index contributed by atoms with van der Waals surface area (Å²) in [4.78, 5) is 25.0. The highest BCUT2D eigenvalue weighted by Crippen LogP contribution is 2.36. The summed E-state index contributed by atoms with van der Waals surface area (Å²) >= 11 is 0. The van der Waals surface area contributed by atoms with E-state index in [1.54, 1.807) is 4.90 Å². The van der Waals surface area contributed by atoms with Gasteiger partial charge in [-0.25, -0.2) is 0 Å². The number of aliphatic carboxylic acids is 1. The van der Waals surface area contributed by atoms with Crippen molar-refractivity contribution in [2.24, 2.45) is 0 Å². The molecule has 0 spiro atoms. The zero-order chi connectivity index (χ0) is 15.5. The Balaban J connectivity index is 1.63. The summed E-state index contributed by atoms with van der Waals surface area (Å²) in [5, 5.41) is 8.84. The molecule has 1 atom stereocenters. The number of amides is 1. The number of carbonyl (C=O) groups is 2. The maximum atomic E-state index is 12.5. The minimum atomic E-state index is -0.899. The van der Waals surface area contributed by atoms with E-state index in [0.29, 0.717) is 31.2 Å². The van der Waals surface area contributed by atoms with Crippen LogP contribution in [0.3, 0.4) is 0 Å². The predicted molar refractivity (Wildman–Crippen MR) is 80.9 cm³/mol. The molecule has 0 aromatic heterocycles. The van der Waals surface area contributed by atoms with Gasteiger partial charge in [0.15, 0.2) is 0 Å². The van der Waals surface area contributed by atoms with Gasteiger partial charge >= 0.3 is 5.97 Å². The van der Waals surface area contributed by atoms with Crippen LogP contribution in [0.4, 0.5) is 0 Å². The van der Waals surface area contributed by atoms with E-state index in [-0.39, 0.29) is 12.3 Å². The Kier molecular flexibility index (Phi) is 4.43. The number of hydrogen-bond acceptors (Lipinski definition) is 3. The van der Waals surface area contributed by atoms with Crippen LogP contribution in [-0.2, 0) is 9.53 Å². The molecule has 1 aromatic carbocycles. The maximum absolute atomic E-state index is 12.5. The molecule has 5 heteroatoms. The SMILES string of the molecule is O=C(O)C[C@H]1CN(C(=O)c2ccc(C3CCC3)cc2)CCO1. The molecule has 2 fully saturated rings. The molecule has 22 heavy (non-hydrogen) atoms. The van der Waals surface area contributed by atoms with Gasteiger partial charge in [-0.05, 0) is 36.5 Å². The van der Waals surface area contributed by atoms with Gasteiger partial charge in [0.2, 0.25) is 0 Å². The van der Waals surface area contributed by atoms with E-state index in [0.717, 1.165) is 0 Å². The van der Waals surface area contributed by atoms with E-state index < -0.39 is 12.1 Å². The third-order valence-corrected chi connectivity index (χ3v) is 4.56. The van der Waals surface area contributed by atoms with Crippen LogP contribution in [0.25, 0.3) is 0 Å². The molecular formula is C17H21NO4. The highest BCUT2D eigenvalue weighted by molar-refractivity contribution is 5.94. The number of hydrogen-bond donors (Lipinski definition) is 1. The third-order valence-electron chi connectivity index (χ3n) is 4.56. The number of carboxylic acid groups (broad SMARTS) is 1. The molecule has 118 valence electrons. The molecule has 0 radical (unpaired) electrons. The van der Waals surface area contributed by atoms with E-state index >= 15 is 0 Å². The molecule has 1 saturated carbocycles. The largest absolute Gasteiger partial charge is 0.481 e. The lowest BCUT2D eigenvalue weighted by Crippen LogP contribution is -2.46. The molecule has 1 heterocycles. The Bertz CT molecular complexity index is 550. The Morgan fingerprint density at radius 3 is 2.55 bits per heavy atom. The van der Waals surface area contributed by atoms with Crippen LogP contribution in [0.5, 0.6) is 0 Å². The zero-order valence-electron chi connectivity index (χ0n) is 12.5. The molecule has 1 saturated heterocycles. The number of carbonyl (C=O) groups excluding carboxylic acids is 1. The van der Waals surface area contributed by atoms with Crippen molar-refractivity contribution in [1.29, 1.82) is 0 Å². The normalized spacial score (nSPS) is 22.2. The third kappa shape index (κ3) is 3.30. The molecule has 5 nitrogen and oxygen atoms in total. The second-order valence-electron chi connectivity index (χ2n) is 6.09. The number of benzene rings is 1. The van der Waals surface area contributed by atoms with Crippen molar-refractivity contribution in [2.45, 2.75) is 37.7 Å². The highest BCUT2D eigenvalue weighted by Gasteiger charge is 2.27. The van der Waals surface area contributed by atoms with Gasteiger partial charge in [-0.3, -0.25) is 9.59 Å². The molecule has 1 aliphatic heterocycles. The van der Waals surface area contributed by atoms with Crippen LogP contribution < -0.4 is 0 Å². The van der Waals surface area contributed by atoms with Gasteiger partial charge < -0.3 is 14.7 Å². The molecule has 2 aliphatic rings. The summed E-state index contributed by atoms with van der Waals surface area (Å²) in [6.07, 6.45) is 3.31. The summed E-state index contributed by atoms with van der Waals surface area (Å²) in [5.74, 6) is -0.282. The van der Waals surface area contributed by atoms with Crippen LogP contribution in [0.15, 0.2) is 24.3 Å². The van der Waals surface area contributed by atoms with Crippen molar-refractivity contribution >= 4 is 11.9 Å². The smallest absolute Gasteiger partial charge is 0.306 e. The van der Waals surface area contributed by atoms with Crippen molar-refractivity contribution in [3.63, 3.8) is 0 Å². The molecule has 1 N–H and O–H groups in total. The standard InChI is InChI=1S/C17H21NO4/c19-16(20)10-15-11-18(8-9-22-15)17(21)14-6-4-13(5-7-14)12-2-1-3-12/h4-7,12,15H,1-3,8-11H2,(H,19,20)/t15-/m0/s1. The van der Waals surface area contributed by atoms with Gasteiger partial charge in [-0.1, -0.05) is 18.6 Å². The quantitative estimate of drug-likeness (QED) is 0.926. The summed E-state index contributed by atoms with van der Waals surface area (Å²) in [7, 11) is 0. The second kappa shape index (κ2) is 6.48. The molecule has 1 amide bonds.